The largest absolute Gasteiger partial charge is 0.419 e. The molecule has 2 rings (SSSR count). The van der Waals surface area contributed by atoms with Crippen molar-refractivity contribution in [1.29, 1.82) is 0 Å². The first kappa shape index (κ1) is 11.1. The molecule has 0 atom stereocenters. The number of rotatable bonds is 3. The van der Waals surface area contributed by atoms with E-state index >= 15 is 0 Å². The van der Waals surface area contributed by atoms with Gasteiger partial charge in [0, 0.05) is 10.6 Å². The Labute approximate surface area is 98.6 Å². The minimum absolute atomic E-state index is 0.527. The Bertz CT molecular complexity index is 496. The maximum absolute atomic E-state index is 5.88. The van der Waals surface area contributed by atoms with Crippen molar-refractivity contribution in [2.45, 2.75) is 13.5 Å². The molecule has 0 amide bonds. The number of halogens is 1. The van der Waals surface area contributed by atoms with Gasteiger partial charge in [-0.1, -0.05) is 11.6 Å². The van der Waals surface area contributed by atoms with Gasteiger partial charge in [-0.25, -0.2) is 0 Å². The fraction of sp³-hybridized carbons (Fsp3) is 0.273. The van der Waals surface area contributed by atoms with Gasteiger partial charge >= 0.3 is 0 Å². The van der Waals surface area contributed by atoms with Gasteiger partial charge in [-0.3, -0.25) is 0 Å². The monoisotopic (exact) mass is 237 g/mol. The zero-order valence-corrected chi connectivity index (χ0v) is 9.88. The van der Waals surface area contributed by atoms with Crippen LogP contribution in [-0.4, -0.2) is 17.2 Å². The van der Waals surface area contributed by atoms with Crippen LogP contribution in [0.25, 0.3) is 11.5 Å². The van der Waals surface area contributed by atoms with E-state index in [4.69, 9.17) is 16.0 Å². The Balaban J connectivity index is 2.35. The van der Waals surface area contributed by atoms with E-state index in [9.17, 15) is 0 Å². The second-order valence-electron chi connectivity index (χ2n) is 3.49. The molecule has 0 spiro atoms. The molecule has 0 aliphatic heterocycles. The summed E-state index contributed by atoms with van der Waals surface area (Å²) < 4.78 is 5.50. The summed E-state index contributed by atoms with van der Waals surface area (Å²) >= 11 is 5.88. The van der Waals surface area contributed by atoms with Crippen LogP contribution in [0.5, 0.6) is 0 Å². The van der Waals surface area contributed by atoms with Gasteiger partial charge in [-0.15, -0.1) is 10.2 Å². The third-order valence-corrected chi connectivity index (χ3v) is 2.45. The zero-order chi connectivity index (χ0) is 11.5. The second kappa shape index (κ2) is 4.63. The van der Waals surface area contributed by atoms with Gasteiger partial charge in [0.15, 0.2) is 0 Å². The molecule has 1 aromatic heterocycles. The van der Waals surface area contributed by atoms with E-state index in [1.165, 1.54) is 0 Å². The van der Waals surface area contributed by atoms with E-state index in [0.29, 0.717) is 23.3 Å². The van der Waals surface area contributed by atoms with Gasteiger partial charge in [-0.2, -0.15) is 0 Å². The molecule has 4 nitrogen and oxygen atoms in total. The number of benzene rings is 1. The van der Waals surface area contributed by atoms with Crippen LogP contribution in [-0.2, 0) is 6.54 Å². The molecule has 0 bridgehead atoms. The average Bonchev–Trinajstić information content (AvgIpc) is 2.67. The van der Waals surface area contributed by atoms with Crippen molar-refractivity contribution in [3.8, 4) is 11.5 Å². The second-order valence-corrected chi connectivity index (χ2v) is 3.93. The fourth-order valence-corrected chi connectivity index (χ4v) is 1.68. The molecule has 1 N–H and O–H groups in total. The smallest absolute Gasteiger partial charge is 0.248 e. The predicted molar refractivity (Wildman–Crippen MR) is 62.2 cm³/mol. The summed E-state index contributed by atoms with van der Waals surface area (Å²) in [5.41, 5.74) is 1.94. The quantitative estimate of drug-likeness (QED) is 0.891. The Hall–Kier alpha value is -1.39. The summed E-state index contributed by atoms with van der Waals surface area (Å²) in [6.07, 6.45) is 0. The van der Waals surface area contributed by atoms with Gasteiger partial charge < -0.3 is 9.73 Å². The predicted octanol–water partition coefficient (Wildman–Crippen LogP) is 2.42. The molecule has 0 saturated carbocycles. The molecule has 0 aliphatic rings. The lowest BCUT2D eigenvalue weighted by atomic mass is 10.1. The number of nitrogens with zero attached hydrogens (tertiary/aromatic N) is 2. The Morgan fingerprint density at radius 3 is 2.88 bits per heavy atom. The van der Waals surface area contributed by atoms with Crippen molar-refractivity contribution >= 4 is 11.6 Å². The van der Waals surface area contributed by atoms with E-state index in [1.54, 1.807) is 0 Å². The molecular weight excluding hydrogens is 226 g/mol. The first-order valence-electron chi connectivity index (χ1n) is 4.94. The summed E-state index contributed by atoms with van der Waals surface area (Å²) in [4.78, 5) is 0. The van der Waals surface area contributed by atoms with Crippen molar-refractivity contribution in [3.05, 3.63) is 34.7 Å². The van der Waals surface area contributed by atoms with Gasteiger partial charge in [0.1, 0.15) is 0 Å². The molecule has 1 aromatic carbocycles. The van der Waals surface area contributed by atoms with Crippen LogP contribution in [0.1, 0.15) is 11.5 Å². The van der Waals surface area contributed by atoms with Gasteiger partial charge in [0.25, 0.3) is 0 Å². The minimum atomic E-state index is 0.527. The average molecular weight is 238 g/mol. The number of nitrogens with one attached hydrogen (secondary N) is 1. The van der Waals surface area contributed by atoms with Gasteiger partial charge in [-0.05, 0) is 37.7 Å². The van der Waals surface area contributed by atoms with E-state index in [0.717, 1.165) is 11.1 Å². The SMILES string of the molecule is CNCc1nnc(-c2ccc(Cl)cc2C)o1. The van der Waals surface area contributed by atoms with E-state index < -0.39 is 0 Å². The Kier molecular flexibility index (Phi) is 3.22. The van der Waals surface area contributed by atoms with Crippen molar-refractivity contribution in [2.75, 3.05) is 7.05 Å². The molecule has 0 radical (unpaired) electrons. The number of aryl methyl sites for hydroxylation is 1. The molecule has 1 heterocycles. The molecule has 0 unspecified atom stereocenters. The van der Waals surface area contributed by atoms with Gasteiger partial charge in [0.05, 0.1) is 6.54 Å². The molecule has 5 heteroatoms. The maximum atomic E-state index is 5.88. The molecular formula is C11H12ClN3O. The van der Waals surface area contributed by atoms with Crippen LogP contribution in [0.15, 0.2) is 22.6 Å². The van der Waals surface area contributed by atoms with Crippen LogP contribution < -0.4 is 5.32 Å². The van der Waals surface area contributed by atoms with Crippen LogP contribution in [0.3, 0.4) is 0 Å². The number of hydrogen-bond donors (Lipinski definition) is 1. The zero-order valence-electron chi connectivity index (χ0n) is 9.12. The number of hydrogen-bond acceptors (Lipinski definition) is 4. The highest BCUT2D eigenvalue weighted by molar-refractivity contribution is 6.30. The highest BCUT2D eigenvalue weighted by Crippen LogP contribution is 2.24. The normalized spacial score (nSPS) is 10.7. The molecule has 2 aromatic rings. The van der Waals surface area contributed by atoms with Crippen molar-refractivity contribution in [1.82, 2.24) is 15.5 Å². The lowest BCUT2D eigenvalue weighted by Gasteiger charge is -2.00. The van der Waals surface area contributed by atoms with Crippen LogP contribution in [0.4, 0.5) is 0 Å². The molecule has 0 aliphatic carbocycles. The Morgan fingerprint density at radius 1 is 1.38 bits per heavy atom. The van der Waals surface area contributed by atoms with Crippen molar-refractivity contribution in [3.63, 3.8) is 0 Å². The summed E-state index contributed by atoms with van der Waals surface area (Å²) in [6, 6.07) is 5.57. The topological polar surface area (TPSA) is 51.0 Å². The summed E-state index contributed by atoms with van der Waals surface area (Å²) in [5, 5.41) is 11.6. The van der Waals surface area contributed by atoms with Crippen LogP contribution in [0, 0.1) is 6.92 Å². The molecule has 0 saturated heterocycles. The van der Waals surface area contributed by atoms with E-state index in [2.05, 4.69) is 15.5 Å². The van der Waals surface area contributed by atoms with Gasteiger partial charge in [0.2, 0.25) is 11.8 Å². The molecule has 16 heavy (non-hydrogen) atoms. The minimum Gasteiger partial charge on any atom is -0.419 e. The fourth-order valence-electron chi connectivity index (χ4n) is 1.45. The van der Waals surface area contributed by atoms with Crippen molar-refractivity contribution in [2.24, 2.45) is 0 Å². The van der Waals surface area contributed by atoms with E-state index in [1.807, 2.05) is 32.2 Å². The third-order valence-electron chi connectivity index (χ3n) is 2.21. The third kappa shape index (κ3) is 2.23. The maximum Gasteiger partial charge on any atom is 0.248 e. The first-order valence-corrected chi connectivity index (χ1v) is 5.32. The van der Waals surface area contributed by atoms with Crippen LogP contribution >= 0.6 is 11.6 Å². The van der Waals surface area contributed by atoms with Crippen LogP contribution in [0.2, 0.25) is 5.02 Å². The van der Waals surface area contributed by atoms with Crippen molar-refractivity contribution < 1.29 is 4.42 Å². The first-order chi connectivity index (χ1) is 7.70. The lowest BCUT2D eigenvalue weighted by Crippen LogP contribution is -2.04. The number of aromatic nitrogens is 2. The summed E-state index contributed by atoms with van der Waals surface area (Å²) in [7, 11) is 1.83. The molecule has 84 valence electrons. The van der Waals surface area contributed by atoms with E-state index in [-0.39, 0.29) is 0 Å². The standard InChI is InChI=1S/C11H12ClN3O/c1-7-5-8(12)3-4-9(7)11-15-14-10(16-11)6-13-2/h3-5,13H,6H2,1-2H3. The summed E-state index contributed by atoms with van der Waals surface area (Å²) in [6.45, 7) is 2.53. The summed E-state index contributed by atoms with van der Waals surface area (Å²) in [5.74, 6) is 1.10. The highest BCUT2D eigenvalue weighted by atomic mass is 35.5. The molecule has 0 fully saturated rings. The highest BCUT2D eigenvalue weighted by Gasteiger charge is 2.10. The lowest BCUT2D eigenvalue weighted by molar-refractivity contribution is 0.490. The Morgan fingerprint density at radius 2 is 2.19 bits per heavy atom.